The molecule has 9 nitrogen and oxygen atoms in total. The molecule has 1 heterocycles. The van der Waals surface area contributed by atoms with Gasteiger partial charge in [0.05, 0.1) is 21.3 Å². The van der Waals surface area contributed by atoms with E-state index in [1.165, 1.54) is 31.3 Å². The van der Waals surface area contributed by atoms with Crippen LogP contribution < -0.4 is 27.0 Å². The number of nitrogen functional groups attached to an aromatic ring is 1. The van der Waals surface area contributed by atoms with Gasteiger partial charge in [-0.2, -0.15) is 4.68 Å². The first-order chi connectivity index (χ1) is 17.5. The first-order valence-electron chi connectivity index (χ1n) is 11.0. The molecule has 0 saturated heterocycles. The summed E-state index contributed by atoms with van der Waals surface area (Å²) in [5.41, 5.74) is 5.19. The number of benzene rings is 2. The van der Waals surface area contributed by atoms with E-state index in [1.807, 2.05) is 11.9 Å². The van der Waals surface area contributed by atoms with Crippen LogP contribution in [0.4, 0.5) is 10.2 Å². The lowest BCUT2D eigenvalue weighted by atomic mass is 10.00. The van der Waals surface area contributed by atoms with Gasteiger partial charge in [0.25, 0.3) is 11.5 Å². The number of nitrogens with zero attached hydrogens (tertiary/aromatic N) is 2. The third-order valence-electron chi connectivity index (χ3n) is 5.47. The Morgan fingerprint density at radius 2 is 1.92 bits per heavy atom. The Kier molecular flexibility index (Phi) is 8.57. The van der Waals surface area contributed by atoms with E-state index in [0.29, 0.717) is 12.0 Å². The largest absolute Gasteiger partial charge is 0.454 e. The molecule has 1 aromatic heterocycles. The SMILES string of the molecule is CC/C(C)=C(/C=C(\C(=O)NC)c1cccc(C)c1F)Oc1c(Cl)cc(-n2nc(N)c(=O)[nH]c2=O)cc1Cl. The molecule has 0 spiro atoms. The summed E-state index contributed by atoms with van der Waals surface area (Å²) in [7, 11) is 1.44. The second kappa shape index (κ2) is 11.4. The molecule has 3 aromatic rings. The van der Waals surface area contributed by atoms with Gasteiger partial charge in [0.2, 0.25) is 5.82 Å². The number of nitrogens with two attached hydrogens (primary N) is 1. The number of ether oxygens (including phenoxy) is 1. The molecule has 0 radical (unpaired) electrons. The molecule has 0 fully saturated rings. The molecule has 1 amide bonds. The van der Waals surface area contributed by atoms with E-state index < -0.39 is 28.8 Å². The Balaban J connectivity index is 2.14. The highest BCUT2D eigenvalue weighted by molar-refractivity contribution is 6.37. The third-order valence-corrected chi connectivity index (χ3v) is 6.03. The number of H-pyrrole nitrogens is 1. The van der Waals surface area contributed by atoms with Crippen molar-refractivity contribution in [1.29, 1.82) is 0 Å². The maximum atomic E-state index is 14.9. The summed E-state index contributed by atoms with van der Waals surface area (Å²) < 4.78 is 21.8. The summed E-state index contributed by atoms with van der Waals surface area (Å²) in [5.74, 6) is -1.24. The van der Waals surface area contributed by atoms with Crippen molar-refractivity contribution in [2.45, 2.75) is 27.2 Å². The number of hydrogen-bond donors (Lipinski definition) is 3. The first-order valence-corrected chi connectivity index (χ1v) is 11.8. The van der Waals surface area contributed by atoms with Crippen LogP contribution in [-0.2, 0) is 4.79 Å². The molecule has 0 aliphatic heterocycles. The van der Waals surface area contributed by atoms with Crippen LogP contribution in [0.25, 0.3) is 11.3 Å². The molecule has 0 atom stereocenters. The maximum Gasteiger partial charge on any atom is 0.349 e. The Hall–Kier alpha value is -3.89. The number of aryl methyl sites for hydroxylation is 1. The highest BCUT2D eigenvalue weighted by Crippen LogP contribution is 2.37. The third kappa shape index (κ3) is 5.92. The van der Waals surface area contributed by atoms with Crippen LogP contribution in [-0.4, -0.2) is 27.7 Å². The van der Waals surface area contributed by atoms with E-state index in [0.717, 1.165) is 10.3 Å². The second-order valence-corrected chi connectivity index (χ2v) is 8.78. The molecule has 0 saturated carbocycles. The Bertz CT molecular complexity index is 1540. The van der Waals surface area contributed by atoms with Crippen molar-refractivity contribution in [1.82, 2.24) is 20.1 Å². The number of allylic oxidation sites excluding steroid dienone is 2. The van der Waals surface area contributed by atoms with E-state index in [-0.39, 0.29) is 38.4 Å². The molecule has 2 aromatic carbocycles. The predicted octanol–water partition coefficient (Wildman–Crippen LogP) is 4.15. The summed E-state index contributed by atoms with van der Waals surface area (Å²) in [5, 5.41) is 6.27. The van der Waals surface area contributed by atoms with Gasteiger partial charge in [0, 0.05) is 12.6 Å². The van der Waals surface area contributed by atoms with Crippen LogP contribution in [0.15, 0.2) is 57.3 Å². The number of aromatic nitrogens is 3. The van der Waals surface area contributed by atoms with Crippen molar-refractivity contribution in [3.63, 3.8) is 0 Å². The number of nitrogens with one attached hydrogen (secondary N) is 2. The smallest absolute Gasteiger partial charge is 0.349 e. The fourth-order valence-corrected chi connectivity index (χ4v) is 3.82. The Morgan fingerprint density at radius 3 is 2.51 bits per heavy atom. The summed E-state index contributed by atoms with van der Waals surface area (Å²) in [6.45, 7) is 5.26. The van der Waals surface area contributed by atoms with Gasteiger partial charge in [-0.15, -0.1) is 5.10 Å². The van der Waals surface area contributed by atoms with Crippen molar-refractivity contribution in [3.05, 3.63) is 95.6 Å². The summed E-state index contributed by atoms with van der Waals surface area (Å²) in [6.07, 6.45) is 1.96. The lowest BCUT2D eigenvalue weighted by Crippen LogP contribution is -2.33. The second-order valence-electron chi connectivity index (χ2n) is 7.97. The quantitative estimate of drug-likeness (QED) is 0.231. The van der Waals surface area contributed by atoms with E-state index in [4.69, 9.17) is 33.7 Å². The number of rotatable bonds is 7. The molecule has 12 heteroatoms. The van der Waals surface area contributed by atoms with Crippen molar-refractivity contribution < 1.29 is 13.9 Å². The minimum atomic E-state index is -0.847. The molecule has 37 heavy (non-hydrogen) atoms. The fourth-order valence-electron chi connectivity index (χ4n) is 3.26. The zero-order chi connectivity index (χ0) is 27.4. The monoisotopic (exact) mass is 547 g/mol. The Labute approximate surface area is 221 Å². The zero-order valence-corrected chi connectivity index (χ0v) is 21.9. The normalized spacial score (nSPS) is 12.2. The molecular weight excluding hydrogens is 524 g/mol. The molecule has 0 unspecified atom stereocenters. The highest BCUT2D eigenvalue weighted by atomic mass is 35.5. The van der Waals surface area contributed by atoms with Gasteiger partial charge in [0.15, 0.2) is 5.75 Å². The van der Waals surface area contributed by atoms with Gasteiger partial charge in [-0.1, -0.05) is 48.3 Å². The van der Waals surface area contributed by atoms with Gasteiger partial charge in [0.1, 0.15) is 11.6 Å². The molecular formula is C25H24Cl2FN5O4. The summed E-state index contributed by atoms with van der Waals surface area (Å²) in [4.78, 5) is 38.5. The lowest BCUT2D eigenvalue weighted by molar-refractivity contribution is -0.115. The fraction of sp³-hybridized carbons (Fsp3) is 0.200. The first kappa shape index (κ1) is 27.7. The van der Waals surface area contributed by atoms with E-state index in [2.05, 4.69) is 10.4 Å². The van der Waals surface area contributed by atoms with E-state index in [9.17, 15) is 18.8 Å². The summed E-state index contributed by atoms with van der Waals surface area (Å²) in [6, 6.07) is 7.43. The number of aromatic amines is 1. The van der Waals surface area contributed by atoms with Crippen molar-refractivity contribution >= 4 is 40.5 Å². The van der Waals surface area contributed by atoms with Crippen LogP contribution in [0.3, 0.4) is 0 Å². The zero-order valence-electron chi connectivity index (χ0n) is 20.4. The van der Waals surface area contributed by atoms with Crippen molar-refractivity contribution in [3.8, 4) is 11.4 Å². The number of hydrogen-bond acceptors (Lipinski definition) is 6. The van der Waals surface area contributed by atoms with Gasteiger partial charge in [-0.05, 0) is 49.6 Å². The number of likely N-dealkylation sites (N-methyl/N-ethyl adjacent to an activating group) is 1. The lowest BCUT2D eigenvalue weighted by Gasteiger charge is -2.16. The maximum absolute atomic E-state index is 14.9. The van der Waals surface area contributed by atoms with Gasteiger partial charge in [-0.3, -0.25) is 14.6 Å². The van der Waals surface area contributed by atoms with Crippen molar-refractivity contribution in [2.75, 3.05) is 12.8 Å². The Morgan fingerprint density at radius 1 is 1.27 bits per heavy atom. The number of carbonyl (C=O) groups excluding carboxylic acids is 1. The van der Waals surface area contributed by atoms with E-state index >= 15 is 0 Å². The average Bonchev–Trinajstić information content (AvgIpc) is 2.86. The van der Waals surface area contributed by atoms with Crippen LogP contribution in [0, 0.1) is 12.7 Å². The van der Waals surface area contributed by atoms with Crippen LogP contribution in [0.5, 0.6) is 5.75 Å². The van der Waals surface area contributed by atoms with Gasteiger partial charge < -0.3 is 15.8 Å². The van der Waals surface area contributed by atoms with E-state index in [1.54, 1.807) is 26.0 Å². The van der Waals surface area contributed by atoms with Crippen molar-refractivity contribution in [2.24, 2.45) is 0 Å². The van der Waals surface area contributed by atoms with Gasteiger partial charge in [-0.25, -0.2) is 9.18 Å². The van der Waals surface area contributed by atoms with Gasteiger partial charge >= 0.3 is 5.69 Å². The van der Waals surface area contributed by atoms with Crippen LogP contribution >= 0.6 is 23.2 Å². The minimum absolute atomic E-state index is 0.000923. The standard InChI is InChI=1S/C25H24Cl2FN5O4/c1-5-12(2)19(11-16(23(34)30-4)15-8-6-7-13(3)20(15)28)37-21-17(26)9-14(10-18(21)27)33-25(36)31-24(35)22(29)32-33/h6-11H,5H2,1-4H3,(H2,29,32)(H,30,34)(H,31,35,36)/b16-11-,19-12-. The molecule has 3 rings (SSSR count). The number of anilines is 1. The van der Waals surface area contributed by atoms with Crippen LogP contribution in [0.1, 0.15) is 31.4 Å². The average molecular weight is 548 g/mol. The number of carbonyl (C=O) groups is 1. The molecule has 0 aliphatic rings. The predicted molar refractivity (Wildman–Crippen MR) is 142 cm³/mol. The molecule has 0 bridgehead atoms. The highest BCUT2D eigenvalue weighted by Gasteiger charge is 2.20. The molecule has 4 N–H and O–H groups in total. The number of halogens is 3. The topological polar surface area (TPSA) is 132 Å². The minimum Gasteiger partial charge on any atom is -0.454 e. The van der Waals surface area contributed by atoms with Crippen LogP contribution in [0.2, 0.25) is 10.0 Å². The summed E-state index contributed by atoms with van der Waals surface area (Å²) >= 11 is 12.9. The number of amides is 1. The molecule has 194 valence electrons. The molecule has 0 aliphatic carbocycles.